The van der Waals surface area contributed by atoms with Gasteiger partial charge in [0, 0.05) is 12.2 Å². The van der Waals surface area contributed by atoms with Crippen LogP contribution in [0, 0.1) is 12.8 Å². The largest absolute Gasteiger partial charge is 0.326 e. The first kappa shape index (κ1) is 15.2. The number of hydrogen-bond acceptors (Lipinski definition) is 4. The zero-order valence-electron chi connectivity index (χ0n) is 11.3. The molecular weight excluding hydrogens is 294 g/mol. The summed E-state index contributed by atoms with van der Waals surface area (Å²) in [6, 6.07) is 5.90. The number of carbonyl (C=O) groups is 1. The van der Waals surface area contributed by atoms with Crippen molar-refractivity contribution in [2.24, 2.45) is 5.92 Å². The fraction of sp³-hybridized carbons (Fsp3) is 0.429. The normalized spacial score (nSPS) is 18.6. The van der Waals surface area contributed by atoms with E-state index in [-0.39, 0.29) is 24.2 Å². The van der Waals surface area contributed by atoms with E-state index >= 15 is 0 Å². The fourth-order valence-electron chi connectivity index (χ4n) is 2.44. The first-order valence-corrected chi connectivity index (χ1v) is 7.43. The number of anilines is 1. The van der Waals surface area contributed by atoms with Gasteiger partial charge < -0.3 is 10.6 Å². The molecule has 2 heterocycles. The van der Waals surface area contributed by atoms with Gasteiger partial charge in [0.1, 0.15) is 0 Å². The second-order valence-corrected chi connectivity index (χ2v) is 6.18. The van der Waals surface area contributed by atoms with Gasteiger partial charge in [0.05, 0.1) is 21.1 Å². The molecule has 0 spiro atoms. The number of benzene rings is 1. The molecule has 1 aliphatic rings. The summed E-state index contributed by atoms with van der Waals surface area (Å²) in [5.74, 6) is 0.209. The summed E-state index contributed by atoms with van der Waals surface area (Å²) >= 11 is 1.65. The molecule has 0 saturated carbocycles. The molecule has 1 aromatic heterocycles. The fourth-order valence-corrected chi connectivity index (χ4v) is 3.30. The van der Waals surface area contributed by atoms with Crippen molar-refractivity contribution in [1.82, 2.24) is 10.3 Å². The maximum Gasteiger partial charge on any atom is 0.228 e. The number of nitrogens with zero attached hydrogens (tertiary/aromatic N) is 1. The van der Waals surface area contributed by atoms with Crippen LogP contribution in [0.4, 0.5) is 5.69 Å². The zero-order valence-corrected chi connectivity index (χ0v) is 12.9. The van der Waals surface area contributed by atoms with Gasteiger partial charge in [-0.25, -0.2) is 4.98 Å². The number of halogens is 1. The first-order valence-electron chi connectivity index (χ1n) is 6.61. The van der Waals surface area contributed by atoms with E-state index in [1.807, 2.05) is 25.1 Å². The third kappa shape index (κ3) is 3.29. The Morgan fingerprint density at radius 3 is 3.10 bits per heavy atom. The van der Waals surface area contributed by atoms with Gasteiger partial charge in [0.15, 0.2) is 0 Å². The molecule has 1 aromatic carbocycles. The van der Waals surface area contributed by atoms with Crippen molar-refractivity contribution < 1.29 is 4.79 Å². The molecule has 3 rings (SSSR count). The predicted molar refractivity (Wildman–Crippen MR) is 85.8 cm³/mol. The van der Waals surface area contributed by atoms with Gasteiger partial charge in [-0.3, -0.25) is 4.79 Å². The maximum atomic E-state index is 12.1. The molecular formula is C14H18ClN3OS. The topological polar surface area (TPSA) is 54.0 Å². The number of aryl methyl sites for hydroxylation is 1. The molecule has 108 valence electrons. The number of amides is 1. The number of carbonyl (C=O) groups excluding carboxylic acids is 1. The van der Waals surface area contributed by atoms with Gasteiger partial charge >= 0.3 is 0 Å². The van der Waals surface area contributed by atoms with E-state index in [1.54, 1.807) is 11.3 Å². The Kier molecular flexibility index (Phi) is 4.96. The van der Waals surface area contributed by atoms with Gasteiger partial charge in [0.25, 0.3) is 0 Å². The van der Waals surface area contributed by atoms with Crippen LogP contribution >= 0.6 is 23.7 Å². The maximum absolute atomic E-state index is 12.1. The number of aromatic nitrogens is 1. The summed E-state index contributed by atoms with van der Waals surface area (Å²) in [7, 11) is 0. The van der Waals surface area contributed by atoms with Gasteiger partial charge in [-0.15, -0.1) is 23.7 Å². The Balaban J connectivity index is 0.00000147. The second kappa shape index (κ2) is 6.52. The number of piperidine rings is 1. The first-order chi connectivity index (χ1) is 9.22. The second-order valence-electron chi connectivity index (χ2n) is 4.95. The molecule has 1 saturated heterocycles. The Labute approximate surface area is 128 Å². The van der Waals surface area contributed by atoms with Crippen molar-refractivity contribution in [2.45, 2.75) is 19.8 Å². The van der Waals surface area contributed by atoms with Gasteiger partial charge in [-0.2, -0.15) is 0 Å². The van der Waals surface area contributed by atoms with Gasteiger partial charge in [-0.05, 0) is 44.5 Å². The van der Waals surface area contributed by atoms with Gasteiger partial charge in [-0.1, -0.05) is 0 Å². The lowest BCUT2D eigenvalue weighted by Gasteiger charge is -2.21. The Morgan fingerprint density at radius 1 is 1.50 bits per heavy atom. The molecule has 0 unspecified atom stereocenters. The minimum atomic E-state index is 0. The van der Waals surface area contributed by atoms with Crippen molar-refractivity contribution in [3.05, 3.63) is 23.2 Å². The number of thiazole rings is 1. The van der Waals surface area contributed by atoms with Crippen molar-refractivity contribution in [3.63, 3.8) is 0 Å². The van der Waals surface area contributed by atoms with E-state index in [2.05, 4.69) is 15.6 Å². The number of fused-ring (bicyclic) bond motifs is 1. The highest BCUT2D eigenvalue weighted by atomic mass is 35.5. The molecule has 0 aliphatic carbocycles. The van der Waals surface area contributed by atoms with Crippen molar-refractivity contribution in [1.29, 1.82) is 0 Å². The van der Waals surface area contributed by atoms with Crippen LogP contribution in [0.1, 0.15) is 17.8 Å². The van der Waals surface area contributed by atoms with Crippen LogP contribution in [0.5, 0.6) is 0 Å². The van der Waals surface area contributed by atoms with Crippen LogP contribution in [0.2, 0.25) is 0 Å². The summed E-state index contributed by atoms with van der Waals surface area (Å²) in [6.07, 6.45) is 2.05. The number of hydrogen-bond donors (Lipinski definition) is 2. The SMILES string of the molecule is Cc1nc2ccc(NC(=O)[C@@H]3CCCNC3)cc2s1.Cl. The molecule has 1 aliphatic heterocycles. The van der Waals surface area contributed by atoms with E-state index in [4.69, 9.17) is 0 Å². The summed E-state index contributed by atoms with van der Waals surface area (Å²) in [4.78, 5) is 16.6. The monoisotopic (exact) mass is 311 g/mol. The smallest absolute Gasteiger partial charge is 0.228 e. The molecule has 0 radical (unpaired) electrons. The average Bonchev–Trinajstić information content (AvgIpc) is 2.79. The lowest BCUT2D eigenvalue weighted by Crippen LogP contribution is -2.37. The highest BCUT2D eigenvalue weighted by molar-refractivity contribution is 7.18. The zero-order chi connectivity index (χ0) is 13.2. The van der Waals surface area contributed by atoms with Crippen LogP contribution in [0.15, 0.2) is 18.2 Å². The van der Waals surface area contributed by atoms with E-state index < -0.39 is 0 Å². The molecule has 2 N–H and O–H groups in total. The van der Waals surface area contributed by atoms with Crippen LogP contribution in [0.3, 0.4) is 0 Å². The van der Waals surface area contributed by atoms with E-state index in [0.29, 0.717) is 0 Å². The Hall–Kier alpha value is -1.17. The third-order valence-corrected chi connectivity index (χ3v) is 4.36. The van der Waals surface area contributed by atoms with Gasteiger partial charge in [0.2, 0.25) is 5.91 Å². The van der Waals surface area contributed by atoms with Crippen LogP contribution < -0.4 is 10.6 Å². The van der Waals surface area contributed by atoms with E-state index in [0.717, 1.165) is 46.8 Å². The van der Waals surface area contributed by atoms with Crippen LogP contribution in [-0.2, 0) is 4.79 Å². The van der Waals surface area contributed by atoms with Crippen LogP contribution in [-0.4, -0.2) is 24.0 Å². The molecule has 2 aromatic rings. The Bertz CT molecular complexity index is 607. The molecule has 20 heavy (non-hydrogen) atoms. The number of rotatable bonds is 2. The Morgan fingerprint density at radius 2 is 2.35 bits per heavy atom. The highest BCUT2D eigenvalue weighted by Gasteiger charge is 2.20. The minimum absolute atomic E-state index is 0. The molecule has 1 amide bonds. The standard InChI is InChI=1S/C14H17N3OS.ClH/c1-9-16-12-5-4-11(7-13(12)19-9)17-14(18)10-3-2-6-15-8-10;/h4-5,7,10,15H,2-3,6,8H2,1H3,(H,17,18);1H/t10-;/m1./s1. The minimum Gasteiger partial charge on any atom is -0.326 e. The number of nitrogens with one attached hydrogen (secondary N) is 2. The summed E-state index contributed by atoms with van der Waals surface area (Å²) < 4.78 is 1.12. The quantitative estimate of drug-likeness (QED) is 0.896. The summed E-state index contributed by atoms with van der Waals surface area (Å²) in [5.41, 5.74) is 1.87. The average molecular weight is 312 g/mol. The molecule has 1 atom stereocenters. The lowest BCUT2D eigenvalue weighted by molar-refractivity contribution is -0.120. The summed E-state index contributed by atoms with van der Waals surface area (Å²) in [6.45, 7) is 3.81. The van der Waals surface area contributed by atoms with Crippen LogP contribution in [0.25, 0.3) is 10.2 Å². The summed E-state index contributed by atoms with van der Waals surface area (Å²) in [5, 5.41) is 7.33. The molecule has 4 nitrogen and oxygen atoms in total. The third-order valence-electron chi connectivity index (χ3n) is 3.43. The predicted octanol–water partition coefficient (Wildman–Crippen LogP) is 2.96. The van der Waals surface area contributed by atoms with E-state index in [9.17, 15) is 4.79 Å². The molecule has 1 fully saturated rings. The lowest BCUT2D eigenvalue weighted by atomic mass is 9.99. The molecule has 6 heteroatoms. The highest BCUT2D eigenvalue weighted by Crippen LogP contribution is 2.25. The van der Waals surface area contributed by atoms with Crippen molar-refractivity contribution in [3.8, 4) is 0 Å². The van der Waals surface area contributed by atoms with Crippen molar-refractivity contribution >= 4 is 45.6 Å². The van der Waals surface area contributed by atoms with Crippen molar-refractivity contribution in [2.75, 3.05) is 18.4 Å². The van der Waals surface area contributed by atoms with E-state index in [1.165, 1.54) is 0 Å². The molecule has 0 bridgehead atoms.